The summed E-state index contributed by atoms with van der Waals surface area (Å²) in [7, 11) is 1.60. The molecule has 134 valence electrons. The average Bonchev–Trinajstić information content (AvgIpc) is 2.69. The van der Waals surface area contributed by atoms with Gasteiger partial charge in [-0.2, -0.15) is 10.4 Å². The second kappa shape index (κ2) is 8.46. The largest absolute Gasteiger partial charge is 0.496 e. The van der Waals surface area contributed by atoms with Crippen molar-refractivity contribution in [2.45, 2.75) is 0 Å². The number of hydrazone groups is 1. The Morgan fingerprint density at radius 2 is 2.07 bits per heavy atom. The predicted octanol–water partition coefficient (Wildman–Crippen LogP) is 3.37. The van der Waals surface area contributed by atoms with E-state index in [9.17, 15) is 10.1 Å². The van der Waals surface area contributed by atoms with Gasteiger partial charge in [0.25, 0.3) is 5.56 Å². The van der Waals surface area contributed by atoms with E-state index in [1.807, 2.05) is 42.5 Å². The monoisotopic (exact) mass is 471 g/mol. The molecule has 0 spiro atoms. The van der Waals surface area contributed by atoms with E-state index in [1.54, 1.807) is 25.5 Å². The molecular weight excluding hydrogens is 457 g/mol. The normalized spacial score (nSPS) is 10.6. The number of methoxy groups -OCH3 is 1. The van der Waals surface area contributed by atoms with E-state index in [2.05, 4.69) is 43.1 Å². The van der Waals surface area contributed by atoms with E-state index < -0.39 is 5.56 Å². The van der Waals surface area contributed by atoms with Crippen LogP contribution in [0.25, 0.3) is 11.3 Å². The zero-order valence-electron chi connectivity index (χ0n) is 14.2. The Morgan fingerprint density at radius 1 is 1.30 bits per heavy atom. The summed E-state index contributed by atoms with van der Waals surface area (Å²) in [4.78, 5) is 19.0. The number of H-pyrrole nitrogens is 1. The van der Waals surface area contributed by atoms with Crippen LogP contribution in [-0.4, -0.2) is 23.3 Å². The fourth-order valence-electron chi connectivity index (χ4n) is 2.36. The first-order chi connectivity index (χ1) is 13.1. The fourth-order valence-corrected chi connectivity index (χ4v) is 2.92. The summed E-state index contributed by atoms with van der Waals surface area (Å²) in [5.74, 6) is 0.891. The Morgan fingerprint density at radius 3 is 2.78 bits per heavy atom. The van der Waals surface area contributed by atoms with Gasteiger partial charge in [0, 0.05) is 5.56 Å². The lowest BCUT2D eigenvalue weighted by molar-refractivity contribution is 0.412. The number of nitrogens with one attached hydrogen (secondary N) is 2. The van der Waals surface area contributed by atoms with Crippen molar-refractivity contribution in [2.75, 3.05) is 12.5 Å². The van der Waals surface area contributed by atoms with Gasteiger partial charge >= 0.3 is 0 Å². The highest BCUT2D eigenvalue weighted by Crippen LogP contribution is 2.21. The number of hydrogen-bond acceptors (Lipinski definition) is 6. The van der Waals surface area contributed by atoms with Gasteiger partial charge in [0.15, 0.2) is 0 Å². The number of nitriles is 1. The molecule has 1 heterocycles. The molecule has 0 bridgehead atoms. The summed E-state index contributed by atoms with van der Waals surface area (Å²) in [6.07, 6.45) is 1.58. The number of nitrogens with zero attached hydrogens (tertiary/aromatic N) is 3. The van der Waals surface area contributed by atoms with Crippen LogP contribution in [0.4, 0.5) is 5.95 Å². The third kappa shape index (κ3) is 4.32. The summed E-state index contributed by atoms with van der Waals surface area (Å²) >= 11 is 2.18. The maximum absolute atomic E-state index is 12.2. The molecule has 3 aromatic rings. The Balaban J connectivity index is 1.89. The zero-order valence-corrected chi connectivity index (χ0v) is 16.4. The molecular formula is C19H14IN5O2. The number of ether oxygens (including phenoxy) is 1. The molecule has 7 nitrogen and oxygen atoms in total. The maximum Gasteiger partial charge on any atom is 0.270 e. The van der Waals surface area contributed by atoms with Crippen molar-refractivity contribution in [3.63, 3.8) is 0 Å². The molecule has 8 heteroatoms. The van der Waals surface area contributed by atoms with Crippen LogP contribution in [0.1, 0.15) is 11.1 Å². The van der Waals surface area contributed by atoms with Gasteiger partial charge in [-0.3, -0.25) is 9.78 Å². The van der Waals surface area contributed by atoms with Crippen LogP contribution in [0.3, 0.4) is 0 Å². The first-order valence-corrected chi connectivity index (χ1v) is 8.92. The van der Waals surface area contributed by atoms with E-state index >= 15 is 0 Å². The minimum Gasteiger partial charge on any atom is -0.496 e. The quantitative estimate of drug-likeness (QED) is 0.338. The highest BCUT2D eigenvalue weighted by molar-refractivity contribution is 14.1. The average molecular weight is 471 g/mol. The molecule has 0 radical (unpaired) electrons. The van der Waals surface area contributed by atoms with E-state index in [-0.39, 0.29) is 11.5 Å². The number of anilines is 1. The molecule has 0 fully saturated rings. The molecule has 0 unspecified atom stereocenters. The van der Waals surface area contributed by atoms with Crippen LogP contribution >= 0.6 is 22.6 Å². The highest BCUT2D eigenvalue weighted by Gasteiger charge is 2.12. The summed E-state index contributed by atoms with van der Waals surface area (Å²) < 4.78 is 6.27. The molecule has 0 saturated carbocycles. The first-order valence-electron chi connectivity index (χ1n) is 7.85. The van der Waals surface area contributed by atoms with Gasteiger partial charge < -0.3 is 4.74 Å². The van der Waals surface area contributed by atoms with Gasteiger partial charge in [-0.25, -0.2) is 10.4 Å². The SMILES string of the molecule is COc1cc(C=NNc2nc(-c3ccccc3)c(C#N)c(=O)[nH]2)ccc1I. The Kier molecular flexibility index (Phi) is 5.83. The van der Waals surface area contributed by atoms with Crippen LogP contribution in [0.15, 0.2) is 58.4 Å². The van der Waals surface area contributed by atoms with E-state index in [4.69, 9.17) is 4.74 Å². The molecule has 3 rings (SSSR count). The molecule has 0 atom stereocenters. The Labute approximate surface area is 168 Å². The van der Waals surface area contributed by atoms with Crippen molar-refractivity contribution in [1.82, 2.24) is 9.97 Å². The fraction of sp³-hybridized carbons (Fsp3) is 0.0526. The Bertz CT molecular complexity index is 1090. The third-order valence-electron chi connectivity index (χ3n) is 3.64. The minimum atomic E-state index is -0.528. The number of rotatable bonds is 5. The molecule has 0 saturated heterocycles. The maximum atomic E-state index is 12.2. The lowest BCUT2D eigenvalue weighted by atomic mass is 10.1. The Hall–Kier alpha value is -3.19. The second-order valence-electron chi connectivity index (χ2n) is 5.38. The van der Waals surface area contributed by atoms with Gasteiger partial charge in [-0.15, -0.1) is 0 Å². The van der Waals surface area contributed by atoms with Crippen molar-refractivity contribution in [2.24, 2.45) is 5.10 Å². The van der Waals surface area contributed by atoms with Gasteiger partial charge in [-0.05, 0) is 40.3 Å². The van der Waals surface area contributed by atoms with E-state index in [0.717, 1.165) is 14.9 Å². The molecule has 0 amide bonds. The molecule has 27 heavy (non-hydrogen) atoms. The standard InChI is InChI=1S/C19H14IN5O2/c1-27-16-9-12(7-8-15(16)20)11-22-25-19-23-17(13-5-3-2-4-6-13)14(10-21)18(26)24-19/h2-9,11H,1H3,(H2,23,24,25,26). The third-order valence-corrected chi connectivity index (χ3v) is 4.53. The van der Waals surface area contributed by atoms with E-state index in [0.29, 0.717) is 11.3 Å². The molecule has 2 aromatic carbocycles. The first kappa shape index (κ1) is 18.6. The summed E-state index contributed by atoms with van der Waals surface area (Å²) in [5.41, 5.74) is 3.92. The van der Waals surface area contributed by atoms with Crippen molar-refractivity contribution < 1.29 is 4.74 Å². The predicted molar refractivity (Wildman–Crippen MR) is 112 cm³/mol. The molecule has 2 N–H and O–H groups in total. The van der Waals surface area contributed by atoms with Gasteiger partial charge in [-0.1, -0.05) is 36.4 Å². The number of halogens is 1. The van der Waals surface area contributed by atoms with Crippen LogP contribution in [0, 0.1) is 14.9 Å². The topological polar surface area (TPSA) is 103 Å². The van der Waals surface area contributed by atoms with Gasteiger partial charge in [0.1, 0.15) is 17.4 Å². The summed E-state index contributed by atoms with van der Waals surface area (Å²) in [6, 6.07) is 16.6. The molecule has 1 aromatic heterocycles. The lowest BCUT2D eigenvalue weighted by Gasteiger charge is -2.06. The lowest BCUT2D eigenvalue weighted by Crippen LogP contribution is -2.16. The van der Waals surface area contributed by atoms with Gasteiger partial charge in [0.05, 0.1) is 22.6 Å². The second-order valence-corrected chi connectivity index (χ2v) is 6.54. The number of aromatic nitrogens is 2. The van der Waals surface area contributed by atoms with Crippen LogP contribution < -0.4 is 15.7 Å². The van der Waals surface area contributed by atoms with Crippen LogP contribution in [-0.2, 0) is 0 Å². The number of benzene rings is 2. The van der Waals surface area contributed by atoms with Crippen LogP contribution in [0.5, 0.6) is 5.75 Å². The zero-order chi connectivity index (χ0) is 19.2. The summed E-state index contributed by atoms with van der Waals surface area (Å²) in [6.45, 7) is 0. The van der Waals surface area contributed by atoms with Crippen molar-refractivity contribution in [1.29, 1.82) is 5.26 Å². The molecule has 0 aliphatic heterocycles. The number of aromatic amines is 1. The number of hydrogen-bond donors (Lipinski definition) is 2. The van der Waals surface area contributed by atoms with Gasteiger partial charge in [0.2, 0.25) is 5.95 Å². The van der Waals surface area contributed by atoms with E-state index in [1.165, 1.54) is 0 Å². The van der Waals surface area contributed by atoms with Crippen LogP contribution in [0.2, 0.25) is 0 Å². The highest BCUT2D eigenvalue weighted by atomic mass is 127. The van der Waals surface area contributed by atoms with Crippen molar-refractivity contribution >= 4 is 34.8 Å². The van der Waals surface area contributed by atoms with Crippen molar-refractivity contribution in [3.05, 3.63) is 73.6 Å². The summed E-state index contributed by atoms with van der Waals surface area (Å²) in [5, 5.41) is 13.4. The molecule has 0 aliphatic rings. The minimum absolute atomic E-state index is 0.0434. The smallest absolute Gasteiger partial charge is 0.270 e. The molecule has 0 aliphatic carbocycles. The van der Waals surface area contributed by atoms with Crippen molar-refractivity contribution in [3.8, 4) is 23.1 Å².